The van der Waals surface area contributed by atoms with E-state index >= 15 is 0 Å². The normalized spacial score (nSPS) is 19.7. The standard InChI is InChI=1S/C27H34ClF2N5O3/c1-16-11-18(3-4-21(16)28)15-34-9-7-20(8-10-34)35-22(5-6-25(35)36)27(38)33-24-13-19(12-17(2)32-24)26(37)31-14-23(29)30/h3-4,11-13,20,22-23,27,38H,5-10,14-15H2,1-2H3,(H,31,37)(H,32,33)/t22-,27?/m1/s1. The zero-order valence-corrected chi connectivity index (χ0v) is 22.3. The van der Waals surface area contributed by atoms with Crippen LogP contribution in [-0.4, -0.2) is 76.1 Å². The van der Waals surface area contributed by atoms with E-state index < -0.39 is 31.1 Å². The van der Waals surface area contributed by atoms with Gasteiger partial charge in [0, 0.05) is 48.4 Å². The van der Waals surface area contributed by atoms with Crippen molar-refractivity contribution in [2.24, 2.45) is 0 Å². The number of hydrogen-bond acceptors (Lipinski definition) is 6. The van der Waals surface area contributed by atoms with Crippen molar-refractivity contribution in [2.45, 2.75) is 70.8 Å². The van der Waals surface area contributed by atoms with Gasteiger partial charge in [-0.2, -0.15) is 0 Å². The Balaban J connectivity index is 1.37. The van der Waals surface area contributed by atoms with Crippen LogP contribution in [-0.2, 0) is 11.3 Å². The number of anilines is 1. The quantitative estimate of drug-likeness (QED) is 0.412. The van der Waals surface area contributed by atoms with Gasteiger partial charge in [0.1, 0.15) is 12.0 Å². The maximum Gasteiger partial charge on any atom is 0.255 e. The van der Waals surface area contributed by atoms with Crippen molar-refractivity contribution in [2.75, 3.05) is 25.0 Å². The summed E-state index contributed by atoms with van der Waals surface area (Å²) in [6.07, 6.45) is -1.28. The first kappa shape index (κ1) is 28.2. The molecule has 0 saturated carbocycles. The number of aryl methyl sites for hydroxylation is 2. The highest BCUT2D eigenvalue weighted by molar-refractivity contribution is 6.31. The largest absolute Gasteiger partial charge is 0.372 e. The van der Waals surface area contributed by atoms with E-state index in [-0.39, 0.29) is 23.3 Å². The van der Waals surface area contributed by atoms with Crippen molar-refractivity contribution in [1.82, 2.24) is 20.1 Å². The molecule has 2 atom stereocenters. The molecule has 2 aromatic rings. The maximum absolute atomic E-state index is 12.8. The number of likely N-dealkylation sites (tertiary alicyclic amines) is 2. The molecule has 0 aliphatic carbocycles. The van der Waals surface area contributed by atoms with Crippen LogP contribution in [0.25, 0.3) is 0 Å². The topological polar surface area (TPSA) is 97.8 Å². The molecule has 2 amide bonds. The first-order valence-corrected chi connectivity index (χ1v) is 13.3. The number of nitrogens with one attached hydrogen (secondary N) is 2. The Labute approximate surface area is 226 Å². The van der Waals surface area contributed by atoms with Gasteiger partial charge in [0.2, 0.25) is 5.91 Å². The van der Waals surface area contributed by atoms with E-state index in [9.17, 15) is 23.5 Å². The van der Waals surface area contributed by atoms with Gasteiger partial charge in [-0.25, -0.2) is 13.8 Å². The summed E-state index contributed by atoms with van der Waals surface area (Å²) >= 11 is 6.15. The van der Waals surface area contributed by atoms with Crippen LogP contribution in [0.1, 0.15) is 52.9 Å². The van der Waals surface area contributed by atoms with Crippen LogP contribution in [0, 0.1) is 13.8 Å². The smallest absolute Gasteiger partial charge is 0.255 e. The number of nitrogens with zero attached hydrogens (tertiary/aromatic N) is 3. The van der Waals surface area contributed by atoms with E-state index in [1.54, 1.807) is 6.92 Å². The molecule has 1 aromatic heterocycles. The molecule has 3 N–H and O–H groups in total. The summed E-state index contributed by atoms with van der Waals surface area (Å²) in [6.45, 7) is 5.41. The number of pyridine rings is 1. The molecule has 1 unspecified atom stereocenters. The fraction of sp³-hybridized carbons (Fsp3) is 0.519. The summed E-state index contributed by atoms with van der Waals surface area (Å²) in [5.74, 6) is -0.384. The third-order valence-corrected chi connectivity index (χ3v) is 7.60. The number of aromatic nitrogens is 1. The van der Waals surface area contributed by atoms with E-state index in [4.69, 9.17) is 11.6 Å². The minimum absolute atomic E-state index is 0.0203. The number of benzene rings is 1. The number of alkyl halides is 2. The highest BCUT2D eigenvalue weighted by Gasteiger charge is 2.41. The number of amides is 2. The molecule has 0 radical (unpaired) electrons. The number of carbonyl (C=O) groups excluding carboxylic acids is 2. The number of aliphatic hydroxyl groups is 1. The molecule has 2 aliphatic heterocycles. The van der Waals surface area contributed by atoms with E-state index in [0.717, 1.165) is 43.1 Å². The molecule has 38 heavy (non-hydrogen) atoms. The number of piperidine rings is 1. The van der Waals surface area contributed by atoms with E-state index in [1.165, 1.54) is 17.7 Å². The minimum atomic E-state index is -2.65. The monoisotopic (exact) mass is 549 g/mol. The average molecular weight is 550 g/mol. The van der Waals surface area contributed by atoms with Gasteiger partial charge in [0.05, 0.1) is 12.6 Å². The zero-order valence-electron chi connectivity index (χ0n) is 21.6. The molecular formula is C27H34ClF2N5O3. The van der Waals surface area contributed by atoms with Crippen LogP contribution in [0.15, 0.2) is 30.3 Å². The SMILES string of the molecule is Cc1cc(C(=O)NCC(F)F)cc(NC(O)[C@H]2CCC(=O)N2C2CCN(Cc3ccc(Cl)c(C)c3)CC2)n1. The highest BCUT2D eigenvalue weighted by atomic mass is 35.5. The summed E-state index contributed by atoms with van der Waals surface area (Å²) in [5.41, 5.74) is 2.91. The zero-order chi connectivity index (χ0) is 27.4. The number of aliphatic hydroxyl groups excluding tert-OH is 1. The predicted octanol–water partition coefficient (Wildman–Crippen LogP) is 3.73. The van der Waals surface area contributed by atoms with Gasteiger partial charge >= 0.3 is 0 Å². The van der Waals surface area contributed by atoms with Crippen LogP contribution < -0.4 is 10.6 Å². The molecule has 1 aromatic carbocycles. The Kier molecular flexibility index (Phi) is 9.17. The summed E-state index contributed by atoms with van der Waals surface area (Å²) in [6, 6.07) is 8.55. The molecule has 2 saturated heterocycles. The Morgan fingerprint density at radius 2 is 1.92 bits per heavy atom. The molecule has 4 rings (SSSR count). The number of halogens is 3. The van der Waals surface area contributed by atoms with Crippen molar-refractivity contribution < 1.29 is 23.5 Å². The van der Waals surface area contributed by atoms with E-state index in [1.807, 2.05) is 24.0 Å². The first-order chi connectivity index (χ1) is 18.1. The predicted molar refractivity (Wildman–Crippen MR) is 141 cm³/mol. The molecule has 2 fully saturated rings. The summed E-state index contributed by atoms with van der Waals surface area (Å²) in [7, 11) is 0. The lowest BCUT2D eigenvalue weighted by Gasteiger charge is -2.40. The first-order valence-electron chi connectivity index (χ1n) is 12.9. The maximum atomic E-state index is 12.8. The average Bonchev–Trinajstić information content (AvgIpc) is 3.26. The summed E-state index contributed by atoms with van der Waals surface area (Å²) < 4.78 is 24.9. The van der Waals surface area contributed by atoms with Crippen LogP contribution in [0.5, 0.6) is 0 Å². The Hall–Kier alpha value is -2.82. The summed E-state index contributed by atoms with van der Waals surface area (Å²) in [4.78, 5) is 33.6. The van der Waals surface area contributed by atoms with E-state index in [0.29, 0.717) is 18.5 Å². The fourth-order valence-corrected chi connectivity index (χ4v) is 5.44. The molecule has 8 nitrogen and oxygen atoms in total. The van der Waals surface area contributed by atoms with Gasteiger partial charge in [-0.1, -0.05) is 23.7 Å². The lowest BCUT2D eigenvalue weighted by atomic mass is 10.0. The summed E-state index contributed by atoms with van der Waals surface area (Å²) in [5, 5.41) is 16.9. The van der Waals surface area contributed by atoms with Crippen molar-refractivity contribution in [3.8, 4) is 0 Å². The van der Waals surface area contributed by atoms with Crippen molar-refractivity contribution in [3.63, 3.8) is 0 Å². The lowest BCUT2D eigenvalue weighted by Crippen LogP contribution is -2.53. The van der Waals surface area contributed by atoms with Crippen LogP contribution in [0.2, 0.25) is 5.02 Å². The second-order valence-corrected chi connectivity index (χ2v) is 10.5. The molecule has 0 spiro atoms. The second kappa shape index (κ2) is 12.4. The number of hydrogen-bond donors (Lipinski definition) is 3. The Bertz CT molecular complexity index is 1160. The third kappa shape index (κ3) is 6.98. The molecule has 3 heterocycles. The number of carbonyl (C=O) groups is 2. The second-order valence-electron chi connectivity index (χ2n) is 10.1. The van der Waals surface area contributed by atoms with Gasteiger partial charge in [-0.15, -0.1) is 0 Å². The number of rotatable bonds is 9. The van der Waals surface area contributed by atoms with Crippen molar-refractivity contribution >= 4 is 29.2 Å². The molecule has 11 heteroatoms. The van der Waals surface area contributed by atoms with Crippen LogP contribution in [0.4, 0.5) is 14.6 Å². The van der Waals surface area contributed by atoms with Gasteiger partial charge in [-0.05, 0) is 62.4 Å². The molecular weight excluding hydrogens is 516 g/mol. The van der Waals surface area contributed by atoms with Crippen LogP contribution >= 0.6 is 11.6 Å². The molecule has 0 bridgehead atoms. The Morgan fingerprint density at radius 3 is 2.61 bits per heavy atom. The van der Waals surface area contributed by atoms with Gasteiger partial charge in [0.15, 0.2) is 0 Å². The minimum Gasteiger partial charge on any atom is -0.372 e. The van der Waals surface area contributed by atoms with Gasteiger partial charge in [0.25, 0.3) is 12.3 Å². The third-order valence-electron chi connectivity index (χ3n) is 7.17. The van der Waals surface area contributed by atoms with Crippen LogP contribution in [0.3, 0.4) is 0 Å². The highest BCUT2D eigenvalue weighted by Crippen LogP contribution is 2.30. The fourth-order valence-electron chi connectivity index (χ4n) is 5.32. The van der Waals surface area contributed by atoms with Gasteiger partial charge < -0.3 is 20.6 Å². The lowest BCUT2D eigenvalue weighted by molar-refractivity contribution is -0.134. The van der Waals surface area contributed by atoms with Crippen molar-refractivity contribution in [3.05, 3.63) is 57.7 Å². The van der Waals surface area contributed by atoms with Crippen molar-refractivity contribution in [1.29, 1.82) is 0 Å². The Morgan fingerprint density at radius 1 is 1.18 bits per heavy atom. The van der Waals surface area contributed by atoms with E-state index in [2.05, 4.69) is 26.6 Å². The van der Waals surface area contributed by atoms with Gasteiger partial charge in [-0.3, -0.25) is 14.5 Å². The molecule has 2 aliphatic rings. The molecule has 206 valence electrons.